The third-order valence-corrected chi connectivity index (χ3v) is 6.10. The van der Waals surface area contributed by atoms with Crippen molar-refractivity contribution in [1.29, 1.82) is 0 Å². The second-order valence-electron chi connectivity index (χ2n) is 8.57. The van der Waals surface area contributed by atoms with E-state index < -0.39 is 17.6 Å². The molecule has 2 atom stereocenters. The Morgan fingerprint density at radius 3 is 2.67 bits per heavy atom. The minimum absolute atomic E-state index is 0.0297. The molecular formula is C21H27F3N4O2. The molecule has 0 amide bonds. The summed E-state index contributed by atoms with van der Waals surface area (Å²) in [6.45, 7) is 3.76. The number of aliphatic imine (C=N–C) groups is 1. The fraction of sp³-hybridized carbons (Fsp3) is 0.667. The Kier molecular flexibility index (Phi) is 5.38. The quantitative estimate of drug-likeness (QED) is 0.795. The zero-order valence-corrected chi connectivity index (χ0v) is 17.4. The van der Waals surface area contributed by atoms with E-state index in [1.165, 1.54) is 10.6 Å². The van der Waals surface area contributed by atoms with Crippen LogP contribution in [0.25, 0.3) is 11.2 Å². The van der Waals surface area contributed by atoms with E-state index >= 15 is 0 Å². The largest absolute Gasteiger partial charge is 0.399 e. The molecule has 0 bridgehead atoms. The smallest absolute Gasteiger partial charge is 0.394 e. The zero-order valence-electron chi connectivity index (χ0n) is 17.4. The van der Waals surface area contributed by atoms with Crippen molar-refractivity contribution in [1.82, 2.24) is 14.5 Å². The van der Waals surface area contributed by atoms with Crippen LogP contribution in [0.3, 0.4) is 0 Å². The van der Waals surface area contributed by atoms with Gasteiger partial charge in [0.1, 0.15) is 16.6 Å². The lowest BCUT2D eigenvalue weighted by atomic mass is 10.0. The molecule has 0 radical (unpaired) electrons. The number of aromatic nitrogens is 3. The number of hydrogen-bond donors (Lipinski definition) is 1. The molecule has 2 aromatic rings. The predicted molar refractivity (Wildman–Crippen MR) is 107 cm³/mol. The summed E-state index contributed by atoms with van der Waals surface area (Å²) in [7, 11) is 1.61. The molecule has 9 heteroatoms. The van der Waals surface area contributed by atoms with Gasteiger partial charge in [-0.1, -0.05) is 0 Å². The number of aliphatic hydroxyl groups is 1. The number of aliphatic hydroxyl groups excluding tert-OH is 1. The summed E-state index contributed by atoms with van der Waals surface area (Å²) < 4.78 is 48.2. The van der Waals surface area contributed by atoms with E-state index in [0.717, 1.165) is 12.8 Å². The zero-order chi connectivity index (χ0) is 21.7. The van der Waals surface area contributed by atoms with Gasteiger partial charge >= 0.3 is 6.18 Å². The second-order valence-corrected chi connectivity index (χ2v) is 8.57. The van der Waals surface area contributed by atoms with Gasteiger partial charge in [-0.2, -0.15) is 13.2 Å². The van der Waals surface area contributed by atoms with Gasteiger partial charge in [-0.25, -0.2) is 4.98 Å². The van der Waals surface area contributed by atoms with Gasteiger partial charge in [-0.15, -0.1) is 0 Å². The first-order chi connectivity index (χ1) is 14.2. The number of aryl methyl sites for hydroxylation is 1. The molecule has 0 aromatic carbocycles. The van der Waals surface area contributed by atoms with E-state index in [1.807, 2.05) is 13.8 Å². The van der Waals surface area contributed by atoms with Crippen LogP contribution in [0, 0.1) is 0 Å². The van der Waals surface area contributed by atoms with Gasteiger partial charge in [0.25, 0.3) is 0 Å². The molecule has 2 aromatic heterocycles. The number of ether oxygens (including phenoxy) is 1. The van der Waals surface area contributed by atoms with Crippen LogP contribution in [-0.2, 0) is 17.2 Å². The Morgan fingerprint density at radius 2 is 2.07 bits per heavy atom. The van der Waals surface area contributed by atoms with E-state index in [9.17, 15) is 18.3 Å². The first-order valence-electron chi connectivity index (χ1n) is 10.4. The standard InChI is InChI=1S/C21H27F3N4O2/c1-12(2)30-17-6-4-5-13(26-16(17)11-29)15-10-25-14-9-18(28(3)19(14)27-15)20(7-8-20)21(22,23)24/h9-10,12,16-17,29H,4-8,11H2,1-3H3/t16-,17+/m0/s1. The van der Waals surface area contributed by atoms with E-state index in [-0.39, 0.29) is 37.4 Å². The lowest BCUT2D eigenvalue weighted by molar-refractivity contribution is -0.162. The molecule has 1 aliphatic heterocycles. The molecular weight excluding hydrogens is 397 g/mol. The summed E-state index contributed by atoms with van der Waals surface area (Å²) in [4.78, 5) is 13.7. The van der Waals surface area contributed by atoms with Crippen LogP contribution in [0.15, 0.2) is 17.3 Å². The first kappa shape index (κ1) is 21.2. The highest BCUT2D eigenvalue weighted by Gasteiger charge is 2.65. The van der Waals surface area contributed by atoms with Gasteiger partial charge in [0.05, 0.1) is 36.8 Å². The van der Waals surface area contributed by atoms with Crippen molar-refractivity contribution in [3.8, 4) is 0 Å². The first-order valence-corrected chi connectivity index (χ1v) is 10.4. The van der Waals surface area contributed by atoms with Crippen molar-refractivity contribution < 1.29 is 23.0 Å². The van der Waals surface area contributed by atoms with Crippen LogP contribution in [0.2, 0.25) is 0 Å². The summed E-state index contributed by atoms with van der Waals surface area (Å²) >= 11 is 0. The number of hydrogen-bond acceptors (Lipinski definition) is 5. The maximum absolute atomic E-state index is 13.6. The SMILES string of the molecule is CC(C)O[C@@H]1CCCC(c2cnc3cc(C4(C(F)(F)F)CC4)n(C)c3n2)=N[C@H]1CO. The molecule has 164 valence electrons. The Hall–Kier alpha value is -2.00. The lowest BCUT2D eigenvalue weighted by Crippen LogP contribution is -2.32. The molecule has 0 unspecified atom stereocenters. The molecule has 6 nitrogen and oxygen atoms in total. The van der Waals surface area contributed by atoms with Crippen LogP contribution in [0.5, 0.6) is 0 Å². The number of rotatable bonds is 5. The summed E-state index contributed by atoms with van der Waals surface area (Å²) in [5.41, 5.74) is 0.534. The molecule has 3 heterocycles. The normalized spacial score (nSPS) is 24.2. The van der Waals surface area contributed by atoms with Crippen molar-refractivity contribution in [3.63, 3.8) is 0 Å². The fourth-order valence-electron chi connectivity index (χ4n) is 4.36. The van der Waals surface area contributed by atoms with Crippen molar-refractivity contribution in [2.45, 2.75) is 75.8 Å². The monoisotopic (exact) mass is 424 g/mol. The van der Waals surface area contributed by atoms with Crippen molar-refractivity contribution in [3.05, 3.63) is 23.7 Å². The summed E-state index contributed by atoms with van der Waals surface area (Å²) in [6.07, 6.45) is -0.436. The minimum atomic E-state index is -4.29. The fourth-order valence-corrected chi connectivity index (χ4v) is 4.36. The van der Waals surface area contributed by atoms with Gasteiger partial charge in [0.2, 0.25) is 0 Å². The minimum Gasteiger partial charge on any atom is -0.394 e. The predicted octanol–water partition coefficient (Wildman–Crippen LogP) is 3.69. The van der Waals surface area contributed by atoms with E-state index in [2.05, 4.69) is 9.97 Å². The molecule has 30 heavy (non-hydrogen) atoms. The molecule has 0 saturated heterocycles. The van der Waals surface area contributed by atoms with Crippen LogP contribution < -0.4 is 0 Å². The Balaban J connectivity index is 1.70. The third-order valence-electron chi connectivity index (χ3n) is 6.10. The highest BCUT2D eigenvalue weighted by atomic mass is 19.4. The highest BCUT2D eigenvalue weighted by molar-refractivity contribution is 6.00. The molecule has 1 saturated carbocycles. The van der Waals surface area contributed by atoms with Gasteiger partial charge in [-0.3, -0.25) is 9.98 Å². The summed E-state index contributed by atoms with van der Waals surface area (Å²) in [6, 6.07) is 1.11. The van der Waals surface area contributed by atoms with E-state index in [0.29, 0.717) is 29.0 Å². The molecule has 1 N–H and O–H groups in total. The third kappa shape index (κ3) is 3.62. The van der Waals surface area contributed by atoms with Gasteiger partial charge in [0.15, 0.2) is 5.65 Å². The van der Waals surface area contributed by atoms with Crippen molar-refractivity contribution in [2.75, 3.05) is 6.61 Å². The Labute approximate surface area is 173 Å². The number of fused-ring (bicyclic) bond motifs is 1. The maximum atomic E-state index is 13.6. The van der Waals surface area contributed by atoms with Crippen LogP contribution in [0.1, 0.15) is 57.3 Å². The average Bonchev–Trinajstić information content (AvgIpc) is 3.45. The lowest BCUT2D eigenvalue weighted by Gasteiger charge is -2.23. The molecule has 1 fully saturated rings. The van der Waals surface area contributed by atoms with Crippen molar-refractivity contribution >= 4 is 16.9 Å². The second kappa shape index (κ2) is 7.60. The van der Waals surface area contributed by atoms with E-state index in [1.54, 1.807) is 13.2 Å². The Morgan fingerprint density at radius 1 is 1.33 bits per heavy atom. The van der Waals surface area contributed by atoms with Crippen LogP contribution in [-0.4, -0.2) is 56.4 Å². The molecule has 0 spiro atoms. The van der Waals surface area contributed by atoms with Crippen LogP contribution in [0.4, 0.5) is 13.2 Å². The Bertz CT molecular complexity index is 963. The number of nitrogens with zero attached hydrogens (tertiary/aromatic N) is 4. The van der Waals surface area contributed by atoms with Gasteiger partial charge in [-0.05, 0) is 52.0 Å². The molecule has 4 rings (SSSR count). The van der Waals surface area contributed by atoms with E-state index in [4.69, 9.17) is 9.73 Å². The molecule has 2 aliphatic rings. The summed E-state index contributed by atoms with van der Waals surface area (Å²) in [5.74, 6) is 0. The van der Waals surface area contributed by atoms with Gasteiger partial charge < -0.3 is 14.4 Å². The van der Waals surface area contributed by atoms with Gasteiger partial charge in [0, 0.05) is 12.7 Å². The maximum Gasteiger partial charge on any atom is 0.399 e. The highest BCUT2D eigenvalue weighted by Crippen LogP contribution is 2.59. The molecule has 1 aliphatic carbocycles. The number of alkyl halides is 3. The number of halogens is 3. The average molecular weight is 424 g/mol. The van der Waals surface area contributed by atoms with Crippen molar-refractivity contribution in [2.24, 2.45) is 12.0 Å². The topological polar surface area (TPSA) is 72.5 Å². The van der Waals surface area contributed by atoms with Crippen LogP contribution >= 0.6 is 0 Å². The summed E-state index contributed by atoms with van der Waals surface area (Å²) in [5, 5.41) is 9.82.